The van der Waals surface area contributed by atoms with E-state index in [1.807, 2.05) is 42.3 Å². The number of benzene rings is 2. The fourth-order valence-electron chi connectivity index (χ4n) is 4.78. The molecule has 0 bridgehead atoms. The molecule has 0 saturated carbocycles. The summed E-state index contributed by atoms with van der Waals surface area (Å²) in [5, 5.41) is 9.02. The number of likely N-dealkylation sites (N-methyl/N-ethyl adjacent to an activating group) is 1. The second-order valence-corrected chi connectivity index (χ2v) is 9.44. The summed E-state index contributed by atoms with van der Waals surface area (Å²) in [5.41, 5.74) is 7.40. The summed E-state index contributed by atoms with van der Waals surface area (Å²) in [6.45, 7) is 2.05. The number of amides is 1. The monoisotopic (exact) mass is 529 g/mol. The van der Waals surface area contributed by atoms with Gasteiger partial charge in [-0.25, -0.2) is 14.8 Å². The van der Waals surface area contributed by atoms with Gasteiger partial charge in [-0.05, 0) is 49.9 Å². The predicted octanol–water partition coefficient (Wildman–Crippen LogP) is 2.21. The van der Waals surface area contributed by atoms with Crippen LogP contribution in [0, 0.1) is 0 Å². The lowest BCUT2D eigenvalue weighted by Gasteiger charge is -2.16. The molecule has 3 heterocycles. The Morgan fingerprint density at radius 3 is 2.64 bits per heavy atom. The van der Waals surface area contributed by atoms with Crippen molar-refractivity contribution in [1.29, 1.82) is 0 Å². The fraction of sp³-hybridized carbons (Fsp3) is 0.286. The molecule has 5 rings (SSSR count). The molecule has 2 aromatic heterocycles. The van der Waals surface area contributed by atoms with Gasteiger partial charge in [-0.3, -0.25) is 13.9 Å². The van der Waals surface area contributed by atoms with E-state index in [1.165, 1.54) is 10.9 Å². The van der Waals surface area contributed by atoms with Gasteiger partial charge in [-0.15, -0.1) is 0 Å². The summed E-state index contributed by atoms with van der Waals surface area (Å²) in [7, 11) is 1.87. The van der Waals surface area contributed by atoms with Gasteiger partial charge in [0.1, 0.15) is 23.3 Å². The second kappa shape index (κ2) is 11.5. The van der Waals surface area contributed by atoms with Crippen molar-refractivity contribution in [2.45, 2.75) is 12.5 Å². The third kappa shape index (κ3) is 5.54. The van der Waals surface area contributed by atoms with Crippen LogP contribution in [0.1, 0.15) is 12.5 Å². The van der Waals surface area contributed by atoms with Crippen LogP contribution in [0.5, 0.6) is 11.5 Å². The molecule has 11 nitrogen and oxygen atoms in total. The number of nitrogens with zero attached hydrogens (tertiary/aromatic N) is 6. The third-order valence-electron chi connectivity index (χ3n) is 6.75. The number of carbonyl (C=O) groups excluding carboxylic acids is 1. The molecule has 0 radical (unpaired) electrons. The van der Waals surface area contributed by atoms with E-state index in [-0.39, 0.29) is 30.1 Å². The number of likely N-dealkylation sites (tertiary alicyclic amines) is 1. The van der Waals surface area contributed by atoms with E-state index in [0.717, 1.165) is 0 Å². The molecular weight excluding hydrogens is 498 g/mol. The molecule has 1 saturated heterocycles. The minimum Gasteiger partial charge on any atom is -0.457 e. The lowest BCUT2D eigenvalue weighted by molar-refractivity contribution is -0.125. The van der Waals surface area contributed by atoms with Crippen molar-refractivity contribution in [3.05, 3.63) is 83.6 Å². The largest absolute Gasteiger partial charge is 0.457 e. The van der Waals surface area contributed by atoms with Gasteiger partial charge in [0.15, 0.2) is 11.5 Å². The molecule has 202 valence electrons. The summed E-state index contributed by atoms with van der Waals surface area (Å²) in [6, 6.07) is 16.3. The third-order valence-corrected chi connectivity index (χ3v) is 6.75. The number of para-hydroxylation sites is 1. The first-order valence-electron chi connectivity index (χ1n) is 12.8. The molecule has 0 aliphatic carbocycles. The molecule has 0 spiro atoms. The van der Waals surface area contributed by atoms with Crippen LogP contribution in [0.3, 0.4) is 0 Å². The van der Waals surface area contributed by atoms with Crippen LogP contribution < -0.4 is 16.2 Å². The number of ether oxygens (including phenoxy) is 1. The van der Waals surface area contributed by atoms with Gasteiger partial charge in [0, 0.05) is 32.3 Å². The quantitative estimate of drug-likeness (QED) is 0.316. The zero-order valence-corrected chi connectivity index (χ0v) is 21.7. The van der Waals surface area contributed by atoms with Crippen LogP contribution in [0.4, 0.5) is 5.82 Å². The molecule has 1 amide bonds. The number of imidazole rings is 1. The number of aliphatic hydroxyl groups excluding tert-OH is 1. The first-order valence-corrected chi connectivity index (χ1v) is 12.8. The highest BCUT2D eigenvalue weighted by atomic mass is 16.5. The van der Waals surface area contributed by atoms with Gasteiger partial charge in [0.25, 0.3) is 0 Å². The van der Waals surface area contributed by atoms with Crippen LogP contribution in [-0.2, 0) is 4.79 Å². The molecule has 1 atom stereocenters. The van der Waals surface area contributed by atoms with Crippen molar-refractivity contribution < 1.29 is 14.6 Å². The smallest absolute Gasteiger partial charge is 0.335 e. The van der Waals surface area contributed by atoms with E-state index < -0.39 is 0 Å². The Labute approximate surface area is 225 Å². The lowest BCUT2D eigenvalue weighted by atomic mass is 10.2. The number of hydrogen-bond acceptors (Lipinski definition) is 8. The summed E-state index contributed by atoms with van der Waals surface area (Å²) in [5.74, 6) is 1.42. The van der Waals surface area contributed by atoms with E-state index in [9.17, 15) is 9.59 Å². The number of aromatic nitrogens is 4. The van der Waals surface area contributed by atoms with Gasteiger partial charge in [0.2, 0.25) is 5.91 Å². The van der Waals surface area contributed by atoms with Gasteiger partial charge in [-0.2, -0.15) is 0 Å². The number of carbonyl (C=O) groups is 1. The number of anilines is 1. The first kappa shape index (κ1) is 26.1. The zero-order valence-electron chi connectivity index (χ0n) is 21.7. The molecule has 1 fully saturated rings. The highest BCUT2D eigenvalue weighted by Gasteiger charge is 2.31. The Morgan fingerprint density at radius 2 is 1.90 bits per heavy atom. The zero-order chi connectivity index (χ0) is 27.4. The molecule has 0 unspecified atom stereocenters. The highest BCUT2D eigenvalue weighted by Crippen LogP contribution is 2.28. The predicted molar refractivity (Wildman–Crippen MR) is 148 cm³/mol. The molecule has 39 heavy (non-hydrogen) atoms. The van der Waals surface area contributed by atoms with Crippen molar-refractivity contribution >= 4 is 22.9 Å². The second-order valence-electron chi connectivity index (χ2n) is 9.44. The van der Waals surface area contributed by atoms with Gasteiger partial charge >= 0.3 is 5.69 Å². The Morgan fingerprint density at radius 1 is 1.15 bits per heavy atom. The molecule has 1 aliphatic heterocycles. The number of aliphatic hydroxyl groups is 1. The molecule has 4 aromatic rings. The first-order chi connectivity index (χ1) is 19.0. The molecule has 2 aromatic carbocycles. The van der Waals surface area contributed by atoms with Crippen molar-refractivity contribution in [3.8, 4) is 17.2 Å². The van der Waals surface area contributed by atoms with Crippen LogP contribution in [0.25, 0.3) is 16.9 Å². The van der Waals surface area contributed by atoms with E-state index in [0.29, 0.717) is 61.0 Å². The topological polar surface area (TPSA) is 132 Å². The normalized spacial score (nSPS) is 15.6. The van der Waals surface area contributed by atoms with Crippen LogP contribution in [0.15, 0.2) is 77.9 Å². The maximum atomic E-state index is 13.8. The summed E-state index contributed by atoms with van der Waals surface area (Å²) in [4.78, 5) is 38.8. The van der Waals surface area contributed by atoms with E-state index in [1.54, 1.807) is 45.9 Å². The Bertz CT molecular complexity index is 1530. The van der Waals surface area contributed by atoms with Crippen LogP contribution in [0.2, 0.25) is 0 Å². The summed E-state index contributed by atoms with van der Waals surface area (Å²) in [6.07, 6.45) is 5.28. The number of nitrogens with two attached hydrogens (primary N) is 1. The van der Waals surface area contributed by atoms with Crippen LogP contribution in [-0.4, -0.2) is 79.7 Å². The SMILES string of the molecule is CN(C/C=C/C(=O)N1CC[C@@H](n2c(=O)n(-c3ccc(Oc4ccccc4)cc3)c3c(N)ncnc32)C1)CCO. The molecular formula is C28H31N7O4. The van der Waals surface area contributed by atoms with Crippen molar-refractivity contribution in [2.75, 3.05) is 45.6 Å². The van der Waals surface area contributed by atoms with E-state index in [4.69, 9.17) is 15.6 Å². The standard InChI is InChI=1S/C28H31N7O4/c1-32(16-17-36)14-5-8-24(37)33-15-13-21(18-33)35-27-25(26(29)30-19-31-27)34(28(35)38)20-9-11-23(12-10-20)39-22-6-3-2-4-7-22/h2-12,19,21,36H,13-18H2,1H3,(H2,29,30,31)/b8-5+/t21-/m1/s1. The summed E-state index contributed by atoms with van der Waals surface area (Å²) >= 11 is 0. The minimum absolute atomic E-state index is 0.0636. The number of fused-ring (bicyclic) bond motifs is 1. The number of rotatable bonds is 9. The number of hydrogen-bond donors (Lipinski definition) is 2. The molecule has 11 heteroatoms. The maximum Gasteiger partial charge on any atom is 0.335 e. The average Bonchev–Trinajstić information content (AvgIpc) is 3.53. The maximum absolute atomic E-state index is 13.8. The van der Waals surface area contributed by atoms with E-state index >= 15 is 0 Å². The summed E-state index contributed by atoms with van der Waals surface area (Å²) < 4.78 is 9.02. The fourth-order valence-corrected chi connectivity index (χ4v) is 4.78. The highest BCUT2D eigenvalue weighted by molar-refractivity contribution is 5.88. The van der Waals surface area contributed by atoms with Crippen molar-refractivity contribution in [1.82, 2.24) is 28.9 Å². The number of nitrogen functional groups attached to an aromatic ring is 1. The lowest BCUT2D eigenvalue weighted by Crippen LogP contribution is -2.31. The Kier molecular flexibility index (Phi) is 7.71. The molecule has 1 aliphatic rings. The van der Waals surface area contributed by atoms with Gasteiger partial charge < -0.3 is 25.4 Å². The van der Waals surface area contributed by atoms with Crippen molar-refractivity contribution in [3.63, 3.8) is 0 Å². The Balaban J connectivity index is 1.40. The average molecular weight is 530 g/mol. The van der Waals surface area contributed by atoms with Gasteiger partial charge in [0.05, 0.1) is 18.3 Å². The molecule has 3 N–H and O–H groups in total. The minimum atomic E-state index is -0.297. The van der Waals surface area contributed by atoms with E-state index in [2.05, 4.69) is 9.97 Å². The van der Waals surface area contributed by atoms with Crippen LogP contribution >= 0.6 is 0 Å². The van der Waals surface area contributed by atoms with Gasteiger partial charge in [-0.1, -0.05) is 24.3 Å². The van der Waals surface area contributed by atoms with Crippen molar-refractivity contribution in [2.24, 2.45) is 0 Å². The Hall–Kier alpha value is -4.48.